The summed E-state index contributed by atoms with van der Waals surface area (Å²) in [6.45, 7) is 2.69. The molecule has 0 bridgehead atoms. The van der Waals surface area contributed by atoms with Gasteiger partial charge >= 0.3 is 0 Å². The van der Waals surface area contributed by atoms with Crippen LogP contribution >= 0.6 is 11.8 Å². The molecular formula is C15H14N2O3S. The van der Waals surface area contributed by atoms with Gasteiger partial charge < -0.3 is 4.98 Å². The molecule has 0 saturated carbocycles. The number of rotatable bonds is 5. The maximum atomic E-state index is 11.7. The van der Waals surface area contributed by atoms with Gasteiger partial charge in [0, 0.05) is 11.6 Å². The molecule has 0 fully saturated rings. The third-order valence-corrected chi connectivity index (χ3v) is 4.07. The molecule has 1 aromatic carbocycles. The Labute approximate surface area is 125 Å². The molecule has 6 heteroatoms. The number of carbonyl (C=O) groups excluding carboxylic acids is 2. The molecule has 21 heavy (non-hydrogen) atoms. The van der Waals surface area contributed by atoms with Crippen molar-refractivity contribution in [2.75, 3.05) is 0 Å². The fourth-order valence-corrected chi connectivity index (χ4v) is 2.68. The van der Waals surface area contributed by atoms with Crippen LogP contribution in [0.15, 0.2) is 46.3 Å². The number of H-pyrrole nitrogens is 1. The summed E-state index contributed by atoms with van der Waals surface area (Å²) in [6, 6.07) is 10.6. The predicted molar refractivity (Wildman–Crippen MR) is 81.3 cm³/mol. The Morgan fingerprint density at radius 3 is 2.33 bits per heavy atom. The molecule has 1 heterocycles. The van der Waals surface area contributed by atoms with E-state index < -0.39 is 5.25 Å². The Hall–Kier alpha value is -2.21. The SMILES string of the molecule is CC(=O)C(Sc1nc(-c2ccccc2)cc(=O)[nH]1)C(C)=O. The Morgan fingerprint density at radius 2 is 1.76 bits per heavy atom. The molecule has 0 amide bonds. The summed E-state index contributed by atoms with van der Waals surface area (Å²) < 4.78 is 0. The average Bonchev–Trinajstić information content (AvgIpc) is 2.44. The largest absolute Gasteiger partial charge is 0.301 e. The number of nitrogens with zero attached hydrogens (tertiary/aromatic N) is 1. The molecule has 0 aliphatic heterocycles. The smallest absolute Gasteiger partial charge is 0.252 e. The van der Waals surface area contributed by atoms with E-state index >= 15 is 0 Å². The topological polar surface area (TPSA) is 79.9 Å². The number of hydrogen-bond acceptors (Lipinski definition) is 5. The minimum atomic E-state index is -0.848. The van der Waals surface area contributed by atoms with Crippen LogP contribution in [0.3, 0.4) is 0 Å². The first-order valence-electron chi connectivity index (χ1n) is 6.31. The third-order valence-electron chi connectivity index (χ3n) is 2.76. The zero-order valence-corrected chi connectivity index (χ0v) is 12.4. The van der Waals surface area contributed by atoms with Crippen molar-refractivity contribution in [3.63, 3.8) is 0 Å². The number of benzene rings is 1. The summed E-state index contributed by atoms with van der Waals surface area (Å²) in [5.74, 6) is -0.527. The number of ketones is 2. The van der Waals surface area contributed by atoms with Crippen molar-refractivity contribution in [3.05, 3.63) is 46.8 Å². The number of hydrogen-bond donors (Lipinski definition) is 1. The van der Waals surface area contributed by atoms with Crippen LogP contribution in [-0.2, 0) is 9.59 Å². The van der Waals surface area contributed by atoms with E-state index in [-0.39, 0.29) is 22.3 Å². The zero-order valence-electron chi connectivity index (χ0n) is 11.6. The molecule has 0 atom stereocenters. The van der Waals surface area contributed by atoms with Gasteiger partial charge in [-0.3, -0.25) is 14.4 Å². The summed E-state index contributed by atoms with van der Waals surface area (Å²) in [5, 5.41) is -0.587. The fraction of sp³-hybridized carbons (Fsp3) is 0.200. The normalized spacial score (nSPS) is 10.6. The van der Waals surface area contributed by atoms with Crippen LogP contribution in [-0.4, -0.2) is 26.8 Å². The van der Waals surface area contributed by atoms with Crippen molar-refractivity contribution in [3.8, 4) is 11.3 Å². The minimum absolute atomic E-state index is 0.261. The molecule has 5 nitrogen and oxygen atoms in total. The lowest BCUT2D eigenvalue weighted by atomic mass is 10.1. The number of nitrogens with one attached hydrogen (secondary N) is 1. The molecule has 0 radical (unpaired) electrons. The molecule has 0 unspecified atom stereocenters. The number of aromatic nitrogens is 2. The van der Waals surface area contributed by atoms with E-state index in [0.29, 0.717) is 5.69 Å². The highest BCUT2D eigenvalue weighted by atomic mass is 32.2. The third kappa shape index (κ3) is 3.88. The summed E-state index contributed by atoms with van der Waals surface area (Å²) in [6.07, 6.45) is 0. The molecule has 2 aromatic rings. The predicted octanol–water partition coefficient (Wildman–Crippen LogP) is 2.08. The van der Waals surface area contributed by atoms with Crippen LogP contribution in [0.1, 0.15) is 13.8 Å². The van der Waals surface area contributed by atoms with Gasteiger partial charge in [-0.2, -0.15) is 0 Å². The first-order valence-corrected chi connectivity index (χ1v) is 7.19. The van der Waals surface area contributed by atoms with Crippen molar-refractivity contribution in [2.45, 2.75) is 24.3 Å². The first-order chi connectivity index (χ1) is 9.97. The Morgan fingerprint density at radius 1 is 1.14 bits per heavy atom. The van der Waals surface area contributed by atoms with Crippen molar-refractivity contribution in [2.24, 2.45) is 0 Å². The summed E-state index contributed by atoms with van der Waals surface area (Å²) in [7, 11) is 0. The minimum Gasteiger partial charge on any atom is -0.301 e. The summed E-state index contributed by atoms with van der Waals surface area (Å²) in [4.78, 5) is 41.5. The maximum Gasteiger partial charge on any atom is 0.252 e. The summed E-state index contributed by atoms with van der Waals surface area (Å²) in [5.41, 5.74) is 0.984. The van der Waals surface area contributed by atoms with E-state index in [0.717, 1.165) is 17.3 Å². The van der Waals surface area contributed by atoms with Crippen LogP contribution in [0, 0.1) is 0 Å². The van der Waals surface area contributed by atoms with Crippen LogP contribution in [0.25, 0.3) is 11.3 Å². The molecule has 1 aromatic heterocycles. The molecule has 0 spiro atoms. The van der Waals surface area contributed by atoms with Crippen molar-refractivity contribution >= 4 is 23.3 Å². The number of thioether (sulfide) groups is 1. The van der Waals surface area contributed by atoms with Crippen LogP contribution in [0.5, 0.6) is 0 Å². The van der Waals surface area contributed by atoms with E-state index in [9.17, 15) is 14.4 Å². The second kappa shape index (κ2) is 6.49. The van der Waals surface area contributed by atoms with E-state index in [1.54, 1.807) is 0 Å². The van der Waals surface area contributed by atoms with Crippen molar-refractivity contribution < 1.29 is 9.59 Å². The van der Waals surface area contributed by atoms with Crippen molar-refractivity contribution in [1.82, 2.24) is 9.97 Å². The van der Waals surface area contributed by atoms with Crippen LogP contribution in [0.4, 0.5) is 0 Å². The average molecular weight is 302 g/mol. The van der Waals surface area contributed by atoms with Gasteiger partial charge in [0.15, 0.2) is 16.7 Å². The Bertz CT molecular complexity index is 711. The molecule has 0 aliphatic carbocycles. The number of aromatic amines is 1. The standard InChI is InChI=1S/C15H14N2O3S/c1-9(18)14(10(2)19)21-15-16-12(8-13(20)17-15)11-6-4-3-5-7-11/h3-8,14H,1-2H3,(H,16,17,20). The monoisotopic (exact) mass is 302 g/mol. The quantitative estimate of drug-likeness (QED) is 0.519. The lowest BCUT2D eigenvalue weighted by molar-refractivity contribution is -0.123. The highest BCUT2D eigenvalue weighted by Gasteiger charge is 2.22. The van der Waals surface area contributed by atoms with Gasteiger partial charge in [-0.15, -0.1) is 0 Å². The Balaban J connectivity index is 2.38. The van der Waals surface area contributed by atoms with E-state index in [1.807, 2.05) is 30.3 Å². The maximum absolute atomic E-state index is 11.7. The fourth-order valence-electron chi connectivity index (χ4n) is 1.81. The highest BCUT2D eigenvalue weighted by molar-refractivity contribution is 8.01. The van der Waals surface area contributed by atoms with Gasteiger partial charge in [0.05, 0.1) is 5.69 Å². The second-order valence-corrected chi connectivity index (χ2v) is 5.61. The first kappa shape index (κ1) is 15.2. The zero-order chi connectivity index (χ0) is 15.4. The molecule has 0 saturated heterocycles. The van der Waals surface area contributed by atoms with E-state index in [4.69, 9.17) is 0 Å². The highest BCUT2D eigenvalue weighted by Crippen LogP contribution is 2.23. The van der Waals surface area contributed by atoms with Gasteiger partial charge in [0.1, 0.15) is 5.25 Å². The van der Waals surface area contributed by atoms with Gasteiger partial charge in [-0.05, 0) is 13.8 Å². The molecule has 2 rings (SSSR count). The molecular weight excluding hydrogens is 288 g/mol. The second-order valence-electron chi connectivity index (χ2n) is 4.52. The van der Waals surface area contributed by atoms with Crippen molar-refractivity contribution in [1.29, 1.82) is 0 Å². The molecule has 0 aliphatic rings. The summed E-state index contributed by atoms with van der Waals surface area (Å²) >= 11 is 0.962. The van der Waals surface area contributed by atoms with Crippen LogP contribution in [0.2, 0.25) is 0 Å². The van der Waals surface area contributed by atoms with Gasteiger partial charge in [-0.1, -0.05) is 42.1 Å². The van der Waals surface area contributed by atoms with Gasteiger partial charge in [0.2, 0.25) is 0 Å². The van der Waals surface area contributed by atoms with Gasteiger partial charge in [0.25, 0.3) is 5.56 Å². The van der Waals surface area contributed by atoms with E-state index in [1.165, 1.54) is 19.9 Å². The van der Waals surface area contributed by atoms with Crippen LogP contribution < -0.4 is 5.56 Å². The lowest BCUT2D eigenvalue weighted by Crippen LogP contribution is -2.23. The number of carbonyl (C=O) groups is 2. The number of Topliss-reactive ketones (excluding diaryl/α,β-unsaturated/α-hetero) is 2. The molecule has 108 valence electrons. The Kier molecular flexibility index (Phi) is 4.70. The molecule has 1 N–H and O–H groups in total. The van der Waals surface area contributed by atoms with Gasteiger partial charge in [-0.25, -0.2) is 4.98 Å². The lowest BCUT2D eigenvalue weighted by Gasteiger charge is -2.09. The van der Waals surface area contributed by atoms with E-state index in [2.05, 4.69) is 9.97 Å².